The van der Waals surface area contributed by atoms with E-state index in [4.69, 9.17) is 4.74 Å². The molecule has 0 radical (unpaired) electrons. The fourth-order valence-corrected chi connectivity index (χ4v) is 1.96. The minimum atomic E-state index is -0.443. The number of benzene rings is 1. The van der Waals surface area contributed by atoms with E-state index in [1.165, 1.54) is 0 Å². The maximum absolute atomic E-state index is 11.4. The highest BCUT2D eigenvalue weighted by Crippen LogP contribution is 2.26. The average Bonchev–Trinajstić information content (AvgIpc) is 2.58. The monoisotopic (exact) mass is 324 g/mol. The second kappa shape index (κ2) is 6.86. The van der Waals surface area contributed by atoms with Gasteiger partial charge in [0.25, 0.3) is 5.56 Å². The Morgan fingerprint density at radius 3 is 2.79 bits per heavy atom. The molecule has 2 heterocycles. The van der Waals surface area contributed by atoms with Gasteiger partial charge in [-0.15, -0.1) is 0 Å². The van der Waals surface area contributed by atoms with Crippen LogP contribution in [0, 0.1) is 0 Å². The first-order valence-electron chi connectivity index (χ1n) is 7.26. The van der Waals surface area contributed by atoms with Crippen molar-refractivity contribution in [1.82, 2.24) is 24.8 Å². The Labute approximate surface area is 138 Å². The van der Waals surface area contributed by atoms with Crippen molar-refractivity contribution in [2.45, 2.75) is 6.61 Å². The van der Waals surface area contributed by atoms with Crippen molar-refractivity contribution in [2.24, 2.45) is 4.99 Å². The van der Waals surface area contributed by atoms with Crippen LogP contribution in [-0.4, -0.2) is 45.3 Å². The van der Waals surface area contributed by atoms with Gasteiger partial charge in [0.05, 0.1) is 12.5 Å². The summed E-state index contributed by atoms with van der Waals surface area (Å²) in [5, 5.41) is 0. The fourth-order valence-electron chi connectivity index (χ4n) is 1.96. The van der Waals surface area contributed by atoms with Crippen molar-refractivity contribution in [2.75, 3.05) is 14.1 Å². The lowest BCUT2D eigenvalue weighted by Crippen LogP contribution is -2.12. The molecular formula is C16H16N6O2. The third kappa shape index (κ3) is 3.72. The van der Waals surface area contributed by atoms with Crippen LogP contribution in [0.1, 0.15) is 5.56 Å². The van der Waals surface area contributed by atoms with Crippen LogP contribution < -0.4 is 10.3 Å². The number of aromatic nitrogens is 4. The maximum Gasteiger partial charge on any atom is 0.290 e. The Morgan fingerprint density at radius 1 is 1.25 bits per heavy atom. The number of hydrogen-bond acceptors (Lipinski definition) is 6. The van der Waals surface area contributed by atoms with E-state index < -0.39 is 5.56 Å². The molecule has 0 amide bonds. The van der Waals surface area contributed by atoms with Gasteiger partial charge in [0.15, 0.2) is 11.5 Å². The van der Waals surface area contributed by atoms with E-state index in [-0.39, 0.29) is 17.7 Å². The number of H-pyrrole nitrogens is 1. The van der Waals surface area contributed by atoms with Gasteiger partial charge < -0.3 is 14.6 Å². The fraction of sp³-hybridized carbons (Fsp3) is 0.188. The van der Waals surface area contributed by atoms with Gasteiger partial charge in [-0.3, -0.25) is 4.79 Å². The van der Waals surface area contributed by atoms with Crippen LogP contribution in [0.4, 0.5) is 5.95 Å². The van der Waals surface area contributed by atoms with Crippen LogP contribution in [0.5, 0.6) is 5.88 Å². The summed E-state index contributed by atoms with van der Waals surface area (Å²) in [6.07, 6.45) is 2.72. The molecule has 8 heteroatoms. The Hall–Kier alpha value is -3.29. The molecule has 2 aliphatic rings. The highest BCUT2D eigenvalue weighted by molar-refractivity contribution is 5.62. The molecule has 0 saturated carbocycles. The zero-order chi connectivity index (χ0) is 16.9. The molecule has 3 rings (SSSR count). The highest BCUT2D eigenvalue weighted by atomic mass is 16.5. The summed E-state index contributed by atoms with van der Waals surface area (Å²) in [5.74, 6) is 0.830. The third-order valence-corrected chi connectivity index (χ3v) is 3.02. The number of ether oxygens (including phenoxy) is 1. The summed E-state index contributed by atoms with van der Waals surface area (Å²) in [6.45, 7) is 0.324. The van der Waals surface area contributed by atoms with E-state index in [1.54, 1.807) is 11.2 Å². The maximum atomic E-state index is 11.4. The van der Waals surface area contributed by atoms with Crippen molar-refractivity contribution in [1.29, 1.82) is 0 Å². The zero-order valence-corrected chi connectivity index (χ0v) is 13.3. The largest absolute Gasteiger partial charge is 0.471 e. The molecule has 8 nitrogen and oxygen atoms in total. The minimum Gasteiger partial charge on any atom is -0.471 e. The first-order chi connectivity index (χ1) is 11.6. The SMILES string of the molecule is CN(C)/C=N/c1nc(OCc2ccccc2)c2ncc(=O)nc-2[nH]1. The predicted octanol–water partition coefficient (Wildman–Crippen LogP) is 1.47. The topological polar surface area (TPSA) is 96.4 Å². The van der Waals surface area contributed by atoms with Gasteiger partial charge in [-0.25, -0.2) is 9.98 Å². The number of nitrogens with zero attached hydrogens (tertiary/aromatic N) is 5. The van der Waals surface area contributed by atoms with Gasteiger partial charge in [0, 0.05) is 14.1 Å². The van der Waals surface area contributed by atoms with Crippen molar-refractivity contribution in [3.63, 3.8) is 0 Å². The van der Waals surface area contributed by atoms with Crippen molar-refractivity contribution >= 4 is 12.3 Å². The summed E-state index contributed by atoms with van der Waals surface area (Å²) < 4.78 is 5.77. The van der Waals surface area contributed by atoms with Crippen molar-refractivity contribution in [3.8, 4) is 17.4 Å². The molecule has 0 fully saturated rings. The molecule has 0 atom stereocenters. The molecule has 1 aromatic rings. The molecule has 0 bridgehead atoms. The summed E-state index contributed by atoms with van der Waals surface area (Å²) in [4.78, 5) is 32.6. The Morgan fingerprint density at radius 2 is 2.04 bits per heavy atom. The molecule has 122 valence electrons. The van der Waals surface area contributed by atoms with E-state index in [2.05, 4.69) is 24.9 Å². The van der Waals surface area contributed by atoms with Crippen LogP contribution in [0.3, 0.4) is 0 Å². The highest BCUT2D eigenvalue weighted by Gasteiger charge is 2.17. The van der Waals surface area contributed by atoms with Crippen LogP contribution in [-0.2, 0) is 6.61 Å². The number of aromatic amines is 1. The number of hydrogen-bond donors (Lipinski definition) is 1. The number of fused-ring (bicyclic) bond motifs is 1. The summed E-state index contributed by atoms with van der Waals surface area (Å²) in [5.41, 5.74) is 0.933. The minimum absolute atomic E-state index is 0.269. The Balaban J connectivity index is 1.96. The predicted molar refractivity (Wildman–Crippen MR) is 89.7 cm³/mol. The molecule has 1 N–H and O–H groups in total. The Kier molecular flexibility index (Phi) is 4.46. The van der Waals surface area contributed by atoms with Crippen LogP contribution >= 0.6 is 0 Å². The number of rotatable bonds is 5. The van der Waals surface area contributed by atoms with E-state index in [0.717, 1.165) is 11.8 Å². The van der Waals surface area contributed by atoms with E-state index >= 15 is 0 Å². The van der Waals surface area contributed by atoms with Gasteiger partial charge in [0.1, 0.15) is 6.61 Å². The van der Waals surface area contributed by atoms with E-state index in [1.807, 2.05) is 44.4 Å². The quantitative estimate of drug-likeness (QED) is 0.564. The lowest BCUT2D eigenvalue weighted by atomic mass is 10.2. The van der Waals surface area contributed by atoms with E-state index in [0.29, 0.717) is 12.3 Å². The number of aliphatic imine (C=N–C) groups is 1. The van der Waals surface area contributed by atoms with Gasteiger partial charge in [0.2, 0.25) is 11.8 Å². The van der Waals surface area contributed by atoms with Crippen LogP contribution in [0.2, 0.25) is 0 Å². The van der Waals surface area contributed by atoms with Gasteiger partial charge in [-0.2, -0.15) is 9.97 Å². The first-order valence-corrected chi connectivity index (χ1v) is 7.26. The molecule has 2 aliphatic heterocycles. The molecule has 1 aromatic carbocycles. The molecule has 0 unspecified atom stereocenters. The van der Waals surface area contributed by atoms with Crippen LogP contribution in [0.25, 0.3) is 11.5 Å². The lowest BCUT2D eigenvalue weighted by Gasteiger charge is -2.11. The van der Waals surface area contributed by atoms with Gasteiger partial charge in [-0.1, -0.05) is 30.3 Å². The van der Waals surface area contributed by atoms with Gasteiger partial charge in [-0.05, 0) is 5.56 Å². The molecule has 0 aliphatic carbocycles. The van der Waals surface area contributed by atoms with Crippen molar-refractivity contribution < 1.29 is 4.74 Å². The summed E-state index contributed by atoms with van der Waals surface area (Å²) in [7, 11) is 3.68. The molecule has 0 spiro atoms. The second-order valence-electron chi connectivity index (χ2n) is 5.25. The molecule has 24 heavy (non-hydrogen) atoms. The molecule has 0 aromatic heterocycles. The van der Waals surface area contributed by atoms with Crippen molar-refractivity contribution in [3.05, 3.63) is 52.4 Å². The smallest absolute Gasteiger partial charge is 0.290 e. The summed E-state index contributed by atoms with van der Waals surface area (Å²) >= 11 is 0. The molecular weight excluding hydrogens is 308 g/mol. The number of nitrogens with one attached hydrogen (secondary N) is 1. The second-order valence-corrected chi connectivity index (χ2v) is 5.25. The standard InChI is InChI=1S/C16H16N6O2/c1-22(2)10-18-16-20-14-13(17-8-12(23)19-14)15(21-16)24-9-11-6-4-3-5-7-11/h3-8,10H,9H2,1-2H3,(H,19,20,21,23)/b18-10+. The summed E-state index contributed by atoms with van der Waals surface area (Å²) in [6, 6.07) is 9.69. The van der Waals surface area contributed by atoms with Crippen LogP contribution in [0.15, 0.2) is 46.3 Å². The third-order valence-electron chi connectivity index (χ3n) is 3.02. The first kappa shape index (κ1) is 15.6. The Bertz CT molecular complexity index is 875. The van der Waals surface area contributed by atoms with E-state index in [9.17, 15) is 4.79 Å². The lowest BCUT2D eigenvalue weighted by molar-refractivity contribution is 0.294. The van der Waals surface area contributed by atoms with Gasteiger partial charge >= 0.3 is 0 Å². The average molecular weight is 324 g/mol. The zero-order valence-electron chi connectivity index (χ0n) is 13.3. The normalized spacial score (nSPS) is 11.1. The molecule has 0 saturated heterocycles.